The standard InChI is InChI=1S/C20H19N3O4S/c1-12(24)22-19-18(15-7-2-3-8-16(15)28-19)20(26)27-11-17(25)23-14-6-4-5-13(9-14)10-21/h4-6,9H,2-3,7-8,11H2,1H3,(H,22,24)(H,23,25). The van der Waals surface area contributed by atoms with Crippen molar-refractivity contribution in [3.8, 4) is 6.07 Å². The van der Waals surface area contributed by atoms with Gasteiger partial charge in [0.15, 0.2) is 6.61 Å². The topological polar surface area (TPSA) is 108 Å². The van der Waals surface area contributed by atoms with Crippen LogP contribution < -0.4 is 10.6 Å². The van der Waals surface area contributed by atoms with Gasteiger partial charge in [-0.05, 0) is 49.4 Å². The summed E-state index contributed by atoms with van der Waals surface area (Å²) in [5, 5.41) is 14.7. The summed E-state index contributed by atoms with van der Waals surface area (Å²) in [4.78, 5) is 37.3. The van der Waals surface area contributed by atoms with E-state index in [2.05, 4.69) is 10.6 Å². The molecule has 2 amide bonds. The number of carbonyl (C=O) groups is 3. The van der Waals surface area contributed by atoms with Gasteiger partial charge in [0.1, 0.15) is 5.00 Å². The van der Waals surface area contributed by atoms with Gasteiger partial charge >= 0.3 is 5.97 Å². The van der Waals surface area contributed by atoms with Crippen LogP contribution in [0, 0.1) is 11.3 Å². The molecule has 0 saturated heterocycles. The lowest BCUT2D eigenvalue weighted by atomic mass is 9.95. The van der Waals surface area contributed by atoms with Gasteiger partial charge in [0.05, 0.1) is 17.2 Å². The molecule has 0 bridgehead atoms. The number of benzene rings is 1. The minimum absolute atomic E-state index is 0.261. The quantitative estimate of drug-likeness (QED) is 0.753. The van der Waals surface area contributed by atoms with Crippen LogP contribution in [0.3, 0.4) is 0 Å². The largest absolute Gasteiger partial charge is 0.452 e. The molecular weight excluding hydrogens is 378 g/mol. The second kappa shape index (κ2) is 8.67. The zero-order valence-corrected chi connectivity index (χ0v) is 16.1. The van der Waals surface area contributed by atoms with Crippen molar-refractivity contribution in [3.63, 3.8) is 0 Å². The molecule has 0 fully saturated rings. The average molecular weight is 397 g/mol. The van der Waals surface area contributed by atoms with Gasteiger partial charge in [-0.15, -0.1) is 11.3 Å². The lowest BCUT2D eigenvalue weighted by Gasteiger charge is -2.13. The number of esters is 1. The van der Waals surface area contributed by atoms with Crippen LogP contribution in [0.5, 0.6) is 0 Å². The number of amides is 2. The molecule has 2 aromatic rings. The van der Waals surface area contributed by atoms with E-state index >= 15 is 0 Å². The highest BCUT2D eigenvalue weighted by Crippen LogP contribution is 2.38. The first-order valence-corrected chi connectivity index (χ1v) is 9.69. The summed E-state index contributed by atoms with van der Waals surface area (Å²) in [5.74, 6) is -1.39. The Balaban J connectivity index is 1.69. The molecule has 1 aliphatic carbocycles. The molecule has 28 heavy (non-hydrogen) atoms. The smallest absolute Gasteiger partial charge is 0.341 e. The number of carbonyl (C=O) groups excluding carboxylic acids is 3. The Hall–Kier alpha value is -3.18. The van der Waals surface area contributed by atoms with Gasteiger partial charge in [0.25, 0.3) is 5.91 Å². The van der Waals surface area contributed by atoms with Crippen molar-refractivity contribution in [2.45, 2.75) is 32.6 Å². The van der Waals surface area contributed by atoms with Crippen LogP contribution in [-0.2, 0) is 27.2 Å². The van der Waals surface area contributed by atoms with E-state index in [-0.39, 0.29) is 5.91 Å². The van der Waals surface area contributed by atoms with E-state index in [1.807, 2.05) is 6.07 Å². The third-order valence-electron chi connectivity index (χ3n) is 4.27. The molecule has 1 aliphatic rings. The maximum atomic E-state index is 12.6. The van der Waals surface area contributed by atoms with Crippen molar-refractivity contribution in [1.82, 2.24) is 0 Å². The molecule has 0 saturated carbocycles. The first-order valence-electron chi connectivity index (χ1n) is 8.87. The monoisotopic (exact) mass is 397 g/mol. The van der Waals surface area contributed by atoms with Crippen LogP contribution in [-0.4, -0.2) is 24.4 Å². The van der Waals surface area contributed by atoms with E-state index in [4.69, 9.17) is 10.00 Å². The van der Waals surface area contributed by atoms with Crippen molar-refractivity contribution >= 4 is 39.8 Å². The lowest BCUT2D eigenvalue weighted by Crippen LogP contribution is -2.22. The predicted octanol–water partition coefficient (Wildman–Crippen LogP) is 3.25. The number of ether oxygens (including phenoxy) is 1. The van der Waals surface area contributed by atoms with E-state index in [1.54, 1.807) is 18.2 Å². The van der Waals surface area contributed by atoms with Crippen molar-refractivity contribution in [3.05, 3.63) is 45.8 Å². The Morgan fingerprint density at radius 1 is 1.21 bits per heavy atom. The molecule has 0 unspecified atom stereocenters. The molecule has 8 heteroatoms. The molecule has 1 heterocycles. The molecule has 1 aromatic carbocycles. The molecular formula is C20H19N3O4S. The van der Waals surface area contributed by atoms with Crippen LogP contribution in [0.1, 0.15) is 46.1 Å². The fraction of sp³-hybridized carbons (Fsp3) is 0.300. The molecule has 2 N–H and O–H groups in total. The number of nitrogens with one attached hydrogen (secondary N) is 2. The molecule has 0 spiro atoms. The van der Waals surface area contributed by atoms with Crippen LogP contribution in [0.4, 0.5) is 10.7 Å². The second-order valence-corrected chi connectivity index (χ2v) is 7.52. The fourth-order valence-corrected chi connectivity index (χ4v) is 4.42. The van der Waals surface area contributed by atoms with Gasteiger partial charge in [-0.2, -0.15) is 5.26 Å². The van der Waals surface area contributed by atoms with E-state index in [0.29, 0.717) is 21.8 Å². The first kappa shape index (κ1) is 19.6. The Morgan fingerprint density at radius 3 is 2.75 bits per heavy atom. The minimum Gasteiger partial charge on any atom is -0.452 e. The number of hydrogen-bond acceptors (Lipinski definition) is 6. The summed E-state index contributed by atoms with van der Waals surface area (Å²) in [5.41, 5.74) is 2.13. The molecule has 0 atom stereocenters. The Labute approximate surface area is 166 Å². The highest BCUT2D eigenvalue weighted by Gasteiger charge is 2.27. The van der Waals surface area contributed by atoms with E-state index in [9.17, 15) is 14.4 Å². The number of fused-ring (bicyclic) bond motifs is 1. The summed E-state index contributed by atoms with van der Waals surface area (Å²) in [6.45, 7) is 0.927. The molecule has 1 aromatic heterocycles. The molecule has 0 aliphatic heterocycles. The number of thiophene rings is 1. The summed E-state index contributed by atoms with van der Waals surface area (Å²) < 4.78 is 5.20. The number of aryl methyl sites for hydroxylation is 1. The highest BCUT2D eigenvalue weighted by molar-refractivity contribution is 7.17. The Kier molecular flexibility index (Phi) is 6.06. The van der Waals surface area contributed by atoms with Crippen molar-refractivity contribution in [2.24, 2.45) is 0 Å². The summed E-state index contributed by atoms with van der Waals surface area (Å²) in [7, 11) is 0. The van der Waals surface area contributed by atoms with Gasteiger partial charge in [-0.1, -0.05) is 6.07 Å². The summed E-state index contributed by atoms with van der Waals surface area (Å²) in [6.07, 6.45) is 3.64. The Bertz CT molecular complexity index is 974. The maximum absolute atomic E-state index is 12.6. The third kappa shape index (κ3) is 4.56. The molecule has 3 rings (SSSR count). The van der Waals surface area contributed by atoms with E-state index < -0.39 is 18.5 Å². The van der Waals surface area contributed by atoms with Crippen molar-refractivity contribution < 1.29 is 19.1 Å². The Morgan fingerprint density at radius 2 is 2.00 bits per heavy atom. The fourth-order valence-electron chi connectivity index (χ4n) is 3.10. The third-order valence-corrected chi connectivity index (χ3v) is 5.48. The number of nitriles is 1. The summed E-state index contributed by atoms with van der Waals surface area (Å²) >= 11 is 1.40. The lowest BCUT2D eigenvalue weighted by molar-refractivity contribution is -0.119. The highest BCUT2D eigenvalue weighted by atomic mass is 32.1. The van der Waals surface area contributed by atoms with E-state index in [1.165, 1.54) is 24.3 Å². The number of hydrogen-bond donors (Lipinski definition) is 2. The van der Waals surface area contributed by atoms with E-state index in [0.717, 1.165) is 36.1 Å². The van der Waals surface area contributed by atoms with Crippen molar-refractivity contribution in [1.29, 1.82) is 5.26 Å². The maximum Gasteiger partial charge on any atom is 0.341 e. The number of nitrogens with zero attached hydrogens (tertiary/aromatic N) is 1. The predicted molar refractivity (Wildman–Crippen MR) is 105 cm³/mol. The normalized spacial score (nSPS) is 12.4. The number of anilines is 2. The van der Waals surface area contributed by atoms with Crippen LogP contribution in [0.25, 0.3) is 0 Å². The summed E-state index contributed by atoms with van der Waals surface area (Å²) in [6, 6.07) is 8.44. The zero-order valence-electron chi connectivity index (χ0n) is 15.3. The van der Waals surface area contributed by atoms with Gasteiger partial charge in [-0.25, -0.2) is 4.79 Å². The molecule has 144 valence electrons. The van der Waals surface area contributed by atoms with Crippen LogP contribution in [0.15, 0.2) is 24.3 Å². The average Bonchev–Trinajstić information content (AvgIpc) is 3.03. The molecule has 0 radical (unpaired) electrons. The van der Waals surface area contributed by atoms with Crippen LogP contribution in [0.2, 0.25) is 0 Å². The van der Waals surface area contributed by atoms with Gasteiger partial charge in [0, 0.05) is 17.5 Å². The zero-order chi connectivity index (χ0) is 20.1. The van der Waals surface area contributed by atoms with Gasteiger partial charge in [0.2, 0.25) is 5.91 Å². The molecule has 7 nitrogen and oxygen atoms in total. The van der Waals surface area contributed by atoms with Gasteiger partial charge < -0.3 is 15.4 Å². The SMILES string of the molecule is CC(=O)Nc1sc2c(c1C(=O)OCC(=O)Nc1cccc(C#N)c1)CCCC2. The van der Waals surface area contributed by atoms with Gasteiger partial charge in [-0.3, -0.25) is 9.59 Å². The first-order chi connectivity index (χ1) is 13.5. The van der Waals surface area contributed by atoms with Crippen molar-refractivity contribution in [2.75, 3.05) is 17.2 Å². The minimum atomic E-state index is -0.621. The number of rotatable bonds is 5. The van der Waals surface area contributed by atoms with Crippen LogP contribution >= 0.6 is 11.3 Å². The second-order valence-electron chi connectivity index (χ2n) is 6.41.